The summed E-state index contributed by atoms with van der Waals surface area (Å²) in [6, 6.07) is 9.21. The van der Waals surface area contributed by atoms with Crippen LogP contribution in [0.15, 0.2) is 36.5 Å². The number of nitrogens with zero attached hydrogens (tertiary/aromatic N) is 8. The van der Waals surface area contributed by atoms with Gasteiger partial charge < -0.3 is 39.0 Å². The predicted molar refractivity (Wildman–Crippen MR) is 244 cm³/mol. The first-order valence-corrected chi connectivity index (χ1v) is 22.9. The lowest BCUT2D eigenvalue weighted by atomic mass is 9.84. The fraction of sp³-hybridized carbons (Fsp3) is 0.617. The van der Waals surface area contributed by atoms with Crippen LogP contribution in [0.2, 0.25) is 0 Å². The zero-order valence-corrected chi connectivity index (χ0v) is 39.8. The Hall–Kier alpha value is -4.98. The number of fused-ring (bicyclic) bond motifs is 6. The maximum Gasteiger partial charge on any atom is 0.410 e. The lowest BCUT2D eigenvalue weighted by molar-refractivity contribution is -0.197. The summed E-state index contributed by atoms with van der Waals surface area (Å²) in [5.74, 6) is -0.594. The summed E-state index contributed by atoms with van der Waals surface area (Å²) in [4.78, 5) is 58.7. The highest BCUT2D eigenvalue weighted by atomic mass is 16.9. The number of hydrogen-bond donors (Lipinski definition) is 2. The SMILES string of the molecule is CCn1c(-c2cccnc2[C@H](C)OC)c2c3cc(ccc31)-c1nc(nn1C)C[C@H](NC(=O)[C@@H](COC1CN(C(=O)OC(C)(C)C)C1)C(C)C)C(=O)N1CCC[C@H](N1)N([O-])OCC(C)(C)C2. The van der Waals surface area contributed by atoms with Crippen molar-refractivity contribution in [2.45, 2.75) is 125 Å². The van der Waals surface area contributed by atoms with E-state index in [-0.39, 0.29) is 43.7 Å². The van der Waals surface area contributed by atoms with Crippen molar-refractivity contribution in [3.63, 3.8) is 0 Å². The Morgan fingerprint density at radius 1 is 1.14 bits per heavy atom. The highest BCUT2D eigenvalue weighted by molar-refractivity contribution is 5.95. The van der Waals surface area contributed by atoms with E-state index >= 15 is 0 Å². The topological polar surface area (TPSA) is 194 Å². The molecule has 18 heteroatoms. The molecule has 2 fully saturated rings. The number of nitrogens with one attached hydrogen (secondary N) is 2. The van der Waals surface area contributed by atoms with Crippen LogP contribution in [0.1, 0.15) is 98.3 Å². The average Bonchev–Trinajstić information content (AvgIpc) is 3.76. The number of amides is 3. The van der Waals surface area contributed by atoms with E-state index in [1.165, 1.54) is 5.01 Å². The molecule has 65 heavy (non-hydrogen) atoms. The maximum absolute atomic E-state index is 14.5. The van der Waals surface area contributed by atoms with Gasteiger partial charge in [0.05, 0.1) is 62.0 Å². The molecule has 0 spiro atoms. The summed E-state index contributed by atoms with van der Waals surface area (Å²) in [7, 11) is 3.50. The van der Waals surface area contributed by atoms with Crippen molar-refractivity contribution < 1.29 is 33.4 Å². The zero-order chi connectivity index (χ0) is 47.0. The molecule has 1 aromatic carbocycles. The molecule has 6 bridgehead atoms. The smallest absolute Gasteiger partial charge is 0.410 e. The van der Waals surface area contributed by atoms with Crippen LogP contribution in [0.5, 0.6) is 0 Å². The molecule has 3 aliphatic heterocycles. The fourth-order valence-corrected chi connectivity index (χ4v) is 8.82. The Kier molecular flexibility index (Phi) is 14.4. The van der Waals surface area contributed by atoms with E-state index in [2.05, 4.69) is 54.3 Å². The van der Waals surface area contributed by atoms with Gasteiger partial charge in [0.2, 0.25) is 5.91 Å². The predicted octanol–water partition coefficient (Wildman–Crippen LogP) is 5.93. The van der Waals surface area contributed by atoms with Crippen molar-refractivity contribution in [2.24, 2.45) is 24.3 Å². The van der Waals surface area contributed by atoms with Crippen LogP contribution in [0.4, 0.5) is 4.79 Å². The van der Waals surface area contributed by atoms with E-state index in [1.807, 2.05) is 60.7 Å². The number of pyridine rings is 1. The molecule has 2 saturated heterocycles. The van der Waals surface area contributed by atoms with Gasteiger partial charge in [0.15, 0.2) is 11.6 Å². The largest absolute Gasteiger partial charge is 0.761 e. The second kappa shape index (κ2) is 19.5. The van der Waals surface area contributed by atoms with Crippen LogP contribution in [-0.2, 0) is 55.1 Å². The number of hydrazine groups is 1. The summed E-state index contributed by atoms with van der Waals surface area (Å²) >= 11 is 0. The number of ether oxygens (including phenoxy) is 3. The molecule has 2 N–H and O–H groups in total. The van der Waals surface area contributed by atoms with Crippen LogP contribution in [0.3, 0.4) is 0 Å². The molecule has 0 aliphatic carbocycles. The Labute approximate surface area is 381 Å². The van der Waals surface area contributed by atoms with Crippen molar-refractivity contribution in [1.82, 2.24) is 50.2 Å². The van der Waals surface area contributed by atoms with E-state index < -0.39 is 41.1 Å². The summed E-state index contributed by atoms with van der Waals surface area (Å²) in [5.41, 5.74) is 7.69. The van der Waals surface area contributed by atoms with Crippen LogP contribution >= 0.6 is 0 Å². The molecule has 0 saturated carbocycles. The monoisotopic (exact) mass is 900 g/mol. The molecule has 4 atom stereocenters. The number of carbonyl (C=O) groups excluding carboxylic acids is 3. The highest BCUT2D eigenvalue weighted by Crippen LogP contribution is 2.42. The molecular formula is C47H67N10O8-. The summed E-state index contributed by atoms with van der Waals surface area (Å²) < 4.78 is 21.4. The van der Waals surface area contributed by atoms with Crippen LogP contribution in [0, 0.1) is 22.5 Å². The number of benzene rings is 1. The molecule has 0 unspecified atom stereocenters. The molecule has 3 aliphatic rings. The minimum Gasteiger partial charge on any atom is -0.761 e. The second-order valence-corrected chi connectivity index (χ2v) is 19.7. The number of hydroxylamine groups is 2. The zero-order valence-electron chi connectivity index (χ0n) is 39.8. The minimum atomic E-state index is -1.09. The molecule has 7 rings (SSSR count). The quantitative estimate of drug-likeness (QED) is 0.191. The van der Waals surface area contributed by atoms with Crippen LogP contribution in [-0.4, -0.2) is 121 Å². The number of hydrogen-bond acceptors (Lipinski definition) is 13. The normalized spacial score (nSPS) is 21.0. The number of aryl methyl sites for hydroxylation is 2. The van der Waals surface area contributed by atoms with Gasteiger partial charge in [-0.3, -0.25) is 19.6 Å². The van der Waals surface area contributed by atoms with Gasteiger partial charge >= 0.3 is 6.09 Å². The number of aromatic nitrogens is 5. The van der Waals surface area contributed by atoms with E-state index in [9.17, 15) is 19.6 Å². The molecule has 18 nitrogen and oxygen atoms in total. The lowest BCUT2D eigenvalue weighted by Crippen LogP contribution is -2.62. The van der Waals surface area contributed by atoms with Gasteiger partial charge in [0.1, 0.15) is 11.6 Å². The molecule has 354 valence electrons. The van der Waals surface area contributed by atoms with Crippen molar-refractivity contribution in [2.75, 3.05) is 40.0 Å². The maximum atomic E-state index is 14.5. The van der Waals surface area contributed by atoms with Gasteiger partial charge in [-0.25, -0.2) is 25.1 Å². The van der Waals surface area contributed by atoms with Crippen LogP contribution in [0.25, 0.3) is 33.5 Å². The van der Waals surface area contributed by atoms with Gasteiger partial charge in [-0.2, -0.15) is 5.10 Å². The molecular weight excluding hydrogens is 833 g/mol. The second-order valence-electron chi connectivity index (χ2n) is 19.7. The molecule has 4 aromatic rings. The van der Waals surface area contributed by atoms with Gasteiger partial charge in [-0.15, -0.1) is 0 Å². The Balaban J connectivity index is 1.23. The number of carbonyl (C=O) groups is 3. The van der Waals surface area contributed by atoms with Gasteiger partial charge in [0.25, 0.3) is 5.91 Å². The van der Waals surface area contributed by atoms with Crippen molar-refractivity contribution in [3.8, 4) is 22.6 Å². The lowest BCUT2D eigenvalue weighted by Gasteiger charge is -2.44. The third kappa shape index (κ3) is 10.7. The third-order valence-electron chi connectivity index (χ3n) is 12.5. The Morgan fingerprint density at radius 3 is 2.58 bits per heavy atom. The summed E-state index contributed by atoms with van der Waals surface area (Å²) in [6.45, 7) is 19.5. The summed E-state index contributed by atoms with van der Waals surface area (Å²) in [5, 5.41) is 24.6. The Morgan fingerprint density at radius 2 is 1.89 bits per heavy atom. The van der Waals surface area contributed by atoms with Crippen molar-refractivity contribution in [3.05, 3.63) is 58.8 Å². The molecule has 3 aromatic heterocycles. The molecule has 6 heterocycles. The number of likely N-dealkylation sites (tertiary alicyclic amines) is 1. The van der Waals surface area contributed by atoms with E-state index in [0.717, 1.165) is 39.0 Å². The van der Waals surface area contributed by atoms with Crippen molar-refractivity contribution in [1.29, 1.82) is 0 Å². The summed E-state index contributed by atoms with van der Waals surface area (Å²) in [6.07, 6.45) is 1.51. The molecule has 3 amide bonds. The van der Waals surface area contributed by atoms with Gasteiger partial charge in [-0.1, -0.05) is 27.7 Å². The van der Waals surface area contributed by atoms with Gasteiger partial charge in [0, 0.05) is 61.9 Å². The van der Waals surface area contributed by atoms with Crippen molar-refractivity contribution >= 4 is 28.8 Å². The first-order chi connectivity index (χ1) is 30.8. The van der Waals surface area contributed by atoms with E-state index in [4.69, 9.17) is 34.1 Å². The molecule has 0 radical (unpaired) electrons. The minimum absolute atomic E-state index is 0.0164. The standard InChI is InChI=1S/C47H67N10O8/c1-12-55-37-18-17-30-21-33(37)34(41(55)32-15-13-19-48-40(32)29(4)62-11)23-47(8,9)27-64-57(61)39-16-14-20-56(52-39)44(59)36(22-38-50-42(30)53(10)51-38)49-43(58)35(28(2)3)26-63-31-24-54(25-31)45(60)65-46(5,6)7/h13,15,17-19,21,28-29,31,35-36,39,52H,12,14,16,20,22-27H2,1-11H3,(H,49,58)/q-1/t29-,35-,36-,39+/m0/s1. The first-order valence-electron chi connectivity index (χ1n) is 22.9. The third-order valence-corrected chi connectivity index (χ3v) is 12.5. The van der Waals surface area contributed by atoms with Gasteiger partial charge in [-0.05, 0) is 101 Å². The van der Waals surface area contributed by atoms with Crippen LogP contribution < -0.4 is 10.7 Å². The average molecular weight is 900 g/mol. The first kappa shape index (κ1) is 48.0. The fourth-order valence-electron chi connectivity index (χ4n) is 8.82. The van der Waals surface area contributed by atoms with E-state index in [0.29, 0.717) is 62.3 Å². The number of rotatable bonds is 10. The number of methoxy groups -OCH3 is 1. The van der Waals surface area contributed by atoms with E-state index in [1.54, 1.807) is 22.9 Å². The highest BCUT2D eigenvalue weighted by Gasteiger charge is 2.38. The Bertz CT molecular complexity index is 2350.